The number of hydrogen-bond acceptors (Lipinski definition) is 5. The van der Waals surface area contributed by atoms with Crippen LogP contribution >= 0.6 is 11.9 Å². The molecule has 0 aliphatic rings. The summed E-state index contributed by atoms with van der Waals surface area (Å²) in [6.07, 6.45) is 1.63. The fourth-order valence-corrected chi connectivity index (χ4v) is 3.66. The van der Waals surface area contributed by atoms with Gasteiger partial charge in [0.15, 0.2) is 0 Å². The van der Waals surface area contributed by atoms with Gasteiger partial charge in [-0.05, 0) is 56.6 Å². The maximum Gasteiger partial charge on any atom is 0.252 e. The van der Waals surface area contributed by atoms with Crippen molar-refractivity contribution in [1.82, 2.24) is 19.1 Å². The Hall–Kier alpha value is -2.58. The van der Waals surface area contributed by atoms with Crippen LogP contribution in [0.15, 0.2) is 40.2 Å². The minimum absolute atomic E-state index is 0.165. The largest absolute Gasteiger partial charge is 0.325 e. The number of carbonyl (C=O) groups excluding carboxylic acids is 1. The minimum Gasteiger partial charge on any atom is -0.325 e. The molecule has 1 amide bonds. The molecule has 3 rings (SSSR count). The molecule has 0 saturated heterocycles. The molecule has 0 bridgehead atoms. The molecule has 0 radical (unpaired) electrons. The number of amides is 1. The Bertz CT molecular complexity index is 1020. The fourth-order valence-electron chi connectivity index (χ4n) is 2.66. The lowest BCUT2D eigenvalue weighted by molar-refractivity contribution is -0.116. The van der Waals surface area contributed by atoms with Gasteiger partial charge in [0.1, 0.15) is 0 Å². The molecule has 2 heterocycles. The zero-order valence-corrected chi connectivity index (χ0v) is 16.0. The number of fused-ring (bicyclic) bond motifs is 1. The number of benzene rings is 1. The molecule has 0 aliphatic carbocycles. The lowest BCUT2D eigenvalue weighted by atomic mass is 10.1. The lowest BCUT2D eigenvalue weighted by Gasteiger charge is -2.16. The van der Waals surface area contributed by atoms with Crippen molar-refractivity contribution in [2.45, 2.75) is 18.7 Å². The highest BCUT2D eigenvalue weighted by molar-refractivity contribution is 7.97. The van der Waals surface area contributed by atoms with Crippen molar-refractivity contribution in [1.29, 1.82) is 0 Å². The number of aryl methyl sites for hydroxylation is 3. The van der Waals surface area contributed by atoms with Crippen LogP contribution in [0.25, 0.3) is 10.9 Å². The summed E-state index contributed by atoms with van der Waals surface area (Å²) in [6.45, 7) is 4.19. The second-order valence-electron chi connectivity index (χ2n) is 6.28. The molecule has 26 heavy (non-hydrogen) atoms. The van der Waals surface area contributed by atoms with Gasteiger partial charge in [-0.25, -0.2) is 4.31 Å². The smallest absolute Gasteiger partial charge is 0.252 e. The van der Waals surface area contributed by atoms with E-state index in [2.05, 4.69) is 27.6 Å². The Morgan fingerprint density at radius 1 is 1.35 bits per heavy atom. The van der Waals surface area contributed by atoms with Crippen LogP contribution in [0, 0.1) is 13.8 Å². The first kappa shape index (κ1) is 18.2. The van der Waals surface area contributed by atoms with Gasteiger partial charge < -0.3 is 9.88 Å². The van der Waals surface area contributed by atoms with Crippen LogP contribution in [0.1, 0.15) is 11.3 Å². The van der Waals surface area contributed by atoms with Crippen LogP contribution in [0.4, 0.5) is 5.69 Å². The first-order valence-corrected chi connectivity index (χ1v) is 8.92. The molecule has 0 unspecified atom stereocenters. The van der Waals surface area contributed by atoms with E-state index in [1.165, 1.54) is 22.6 Å². The van der Waals surface area contributed by atoms with Crippen molar-refractivity contribution in [2.24, 2.45) is 7.05 Å². The van der Waals surface area contributed by atoms with Crippen molar-refractivity contribution in [2.75, 3.05) is 18.9 Å². The molecule has 3 aromatic rings. The third-order valence-electron chi connectivity index (χ3n) is 3.98. The van der Waals surface area contributed by atoms with E-state index < -0.39 is 0 Å². The van der Waals surface area contributed by atoms with E-state index in [1.54, 1.807) is 19.3 Å². The highest BCUT2D eigenvalue weighted by Crippen LogP contribution is 2.30. The number of aromatic nitrogens is 3. The number of carbonyl (C=O) groups is 1. The molecular formula is C18H21N5O2S. The monoisotopic (exact) mass is 371 g/mol. The number of nitrogens with zero attached hydrogens (tertiary/aromatic N) is 3. The summed E-state index contributed by atoms with van der Waals surface area (Å²) in [7, 11) is 3.52. The fraction of sp³-hybridized carbons (Fsp3) is 0.278. The first-order chi connectivity index (χ1) is 12.3. The van der Waals surface area contributed by atoms with E-state index in [9.17, 15) is 9.59 Å². The van der Waals surface area contributed by atoms with Gasteiger partial charge in [0.25, 0.3) is 5.56 Å². The maximum absolute atomic E-state index is 12.2. The highest BCUT2D eigenvalue weighted by Gasteiger charge is 2.13. The quantitative estimate of drug-likeness (QED) is 0.673. The van der Waals surface area contributed by atoms with Gasteiger partial charge in [-0.1, -0.05) is 0 Å². The number of aromatic amines is 1. The zero-order valence-electron chi connectivity index (χ0n) is 15.2. The van der Waals surface area contributed by atoms with Gasteiger partial charge in [-0.2, -0.15) is 5.10 Å². The standard InChI is InChI=1S/C18H21N5O2S/c1-11-7-14-12(2)20-21-18(14)15(8-11)26-23(4)10-16(24)19-13-5-6-22(3)17(25)9-13/h5-9H,10H2,1-4H3,(H,19,24)(H,20,21). The number of likely N-dealkylation sites (N-methyl/N-ethyl adjacent to an activating group) is 1. The summed E-state index contributed by atoms with van der Waals surface area (Å²) in [6, 6.07) is 7.27. The van der Waals surface area contributed by atoms with Crippen LogP contribution in [-0.2, 0) is 11.8 Å². The number of pyridine rings is 1. The minimum atomic E-state index is -0.182. The van der Waals surface area contributed by atoms with Crippen molar-refractivity contribution in [3.63, 3.8) is 0 Å². The van der Waals surface area contributed by atoms with Crippen LogP contribution in [-0.4, -0.2) is 38.6 Å². The van der Waals surface area contributed by atoms with E-state index in [1.807, 2.05) is 25.2 Å². The second kappa shape index (κ2) is 7.35. The number of nitrogens with one attached hydrogen (secondary N) is 2. The number of rotatable bonds is 5. The molecule has 0 spiro atoms. The number of H-pyrrole nitrogens is 1. The third kappa shape index (κ3) is 3.97. The molecule has 136 valence electrons. The predicted octanol–water partition coefficient (Wildman–Crippen LogP) is 2.46. The average molecular weight is 371 g/mol. The number of anilines is 1. The van der Waals surface area contributed by atoms with Gasteiger partial charge in [0.05, 0.1) is 17.8 Å². The molecule has 0 atom stereocenters. The predicted molar refractivity (Wildman–Crippen MR) is 104 cm³/mol. The molecule has 0 fully saturated rings. The van der Waals surface area contributed by atoms with Gasteiger partial charge in [0.2, 0.25) is 5.91 Å². The number of hydrogen-bond donors (Lipinski definition) is 2. The van der Waals surface area contributed by atoms with Gasteiger partial charge in [0, 0.05) is 35.3 Å². The van der Waals surface area contributed by atoms with Crippen molar-refractivity contribution in [3.8, 4) is 0 Å². The van der Waals surface area contributed by atoms with E-state index in [4.69, 9.17) is 0 Å². The van der Waals surface area contributed by atoms with Gasteiger partial charge >= 0.3 is 0 Å². The Morgan fingerprint density at radius 3 is 2.85 bits per heavy atom. The average Bonchev–Trinajstić information content (AvgIpc) is 2.92. The van der Waals surface area contributed by atoms with Crippen molar-refractivity contribution >= 4 is 34.4 Å². The molecule has 2 N–H and O–H groups in total. The van der Waals surface area contributed by atoms with Crippen molar-refractivity contribution in [3.05, 3.63) is 52.1 Å². The van der Waals surface area contributed by atoms with Crippen LogP contribution in [0.5, 0.6) is 0 Å². The molecule has 0 saturated carbocycles. The Labute approximate surface area is 155 Å². The van der Waals surface area contributed by atoms with E-state index in [-0.39, 0.29) is 18.0 Å². The second-order valence-corrected chi connectivity index (χ2v) is 7.53. The molecule has 2 aromatic heterocycles. The lowest BCUT2D eigenvalue weighted by Crippen LogP contribution is -2.26. The van der Waals surface area contributed by atoms with E-state index in [0.29, 0.717) is 5.69 Å². The summed E-state index contributed by atoms with van der Waals surface area (Å²) in [5.41, 5.74) is 3.40. The summed E-state index contributed by atoms with van der Waals surface area (Å²) in [5, 5.41) is 11.2. The zero-order chi connectivity index (χ0) is 18.8. The Morgan fingerprint density at radius 2 is 2.12 bits per heavy atom. The molecule has 8 heteroatoms. The topological polar surface area (TPSA) is 83.0 Å². The van der Waals surface area contributed by atoms with Crippen molar-refractivity contribution < 1.29 is 4.79 Å². The van der Waals surface area contributed by atoms with E-state index >= 15 is 0 Å². The van der Waals surface area contributed by atoms with Gasteiger partial charge in [-0.15, -0.1) is 0 Å². The summed E-state index contributed by atoms with van der Waals surface area (Å²) in [4.78, 5) is 24.9. The van der Waals surface area contributed by atoms with Gasteiger partial charge in [-0.3, -0.25) is 14.7 Å². The molecular weight excluding hydrogens is 350 g/mol. The summed E-state index contributed by atoms with van der Waals surface area (Å²) in [5.74, 6) is -0.182. The maximum atomic E-state index is 12.2. The van der Waals surface area contributed by atoms with Crippen LogP contribution < -0.4 is 10.9 Å². The SMILES string of the molecule is Cc1cc(SN(C)CC(=O)Nc2ccn(C)c(=O)c2)c2[nH]nc(C)c2c1. The van der Waals surface area contributed by atoms with Crippen LogP contribution in [0.3, 0.4) is 0 Å². The van der Waals surface area contributed by atoms with Crippen LogP contribution in [0.2, 0.25) is 0 Å². The third-order valence-corrected chi connectivity index (χ3v) is 4.94. The normalized spacial score (nSPS) is 11.3. The molecule has 0 aliphatic heterocycles. The summed E-state index contributed by atoms with van der Waals surface area (Å²) >= 11 is 1.48. The van der Waals surface area contributed by atoms with E-state index in [0.717, 1.165) is 27.1 Å². The first-order valence-electron chi connectivity index (χ1n) is 8.14. The summed E-state index contributed by atoms with van der Waals surface area (Å²) < 4.78 is 3.30. The molecule has 1 aromatic carbocycles. The molecule has 7 nitrogen and oxygen atoms in total. The highest BCUT2D eigenvalue weighted by atomic mass is 32.2. The Balaban J connectivity index is 1.69. The Kier molecular flexibility index (Phi) is 5.15.